The number of anilines is 1. The summed E-state index contributed by atoms with van der Waals surface area (Å²) in [6.07, 6.45) is 2.68. The van der Waals surface area contributed by atoms with Crippen molar-refractivity contribution in [2.75, 3.05) is 38.0 Å². The summed E-state index contributed by atoms with van der Waals surface area (Å²) >= 11 is 0. The predicted molar refractivity (Wildman–Crippen MR) is 114 cm³/mol. The highest BCUT2D eigenvalue weighted by Gasteiger charge is 2.28. The van der Waals surface area contributed by atoms with Crippen molar-refractivity contribution in [2.24, 2.45) is 5.92 Å². The average Bonchev–Trinajstić information content (AvgIpc) is 3.14. The Morgan fingerprint density at radius 3 is 2.60 bits per heavy atom. The van der Waals surface area contributed by atoms with Crippen LogP contribution in [0.3, 0.4) is 0 Å². The van der Waals surface area contributed by atoms with E-state index in [2.05, 4.69) is 39.6 Å². The van der Waals surface area contributed by atoms with Gasteiger partial charge in [-0.1, -0.05) is 6.07 Å². The molecule has 2 amide bonds. The first-order valence-corrected chi connectivity index (χ1v) is 10.8. The number of urea groups is 1. The number of aryl methyl sites for hydroxylation is 1. The van der Waals surface area contributed by atoms with Crippen molar-refractivity contribution >= 4 is 11.7 Å². The highest BCUT2D eigenvalue weighted by molar-refractivity contribution is 5.89. The molecule has 1 aromatic carbocycles. The summed E-state index contributed by atoms with van der Waals surface area (Å²) in [5.74, 6) is 1.34. The molecule has 2 aromatic rings. The Morgan fingerprint density at radius 2 is 1.93 bits per heavy atom. The summed E-state index contributed by atoms with van der Waals surface area (Å²) in [5.41, 5.74) is 1.56. The van der Waals surface area contributed by atoms with Gasteiger partial charge in [0.2, 0.25) is 0 Å². The van der Waals surface area contributed by atoms with E-state index in [9.17, 15) is 4.79 Å². The van der Waals surface area contributed by atoms with Crippen molar-refractivity contribution in [1.82, 2.24) is 30.0 Å². The number of tetrazole rings is 1. The fraction of sp³-hybridized carbons (Fsp3) is 0.619. The van der Waals surface area contributed by atoms with Crippen LogP contribution in [0.1, 0.15) is 32.5 Å². The topological polar surface area (TPSA) is 88.4 Å². The summed E-state index contributed by atoms with van der Waals surface area (Å²) in [7, 11) is 0. The maximum atomic E-state index is 12.8. The number of piperidine rings is 1. The zero-order valence-electron chi connectivity index (χ0n) is 18.0. The highest BCUT2D eigenvalue weighted by atomic mass is 16.5. The molecule has 0 spiro atoms. The maximum absolute atomic E-state index is 12.8. The number of morpholine rings is 1. The van der Waals surface area contributed by atoms with E-state index in [1.807, 2.05) is 36.1 Å². The molecule has 2 aliphatic heterocycles. The van der Waals surface area contributed by atoms with Gasteiger partial charge in [-0.25, -0.2) is 4.79 Å². The zero-order valence-corrected chi connectivity index (χ0v) is 18.0. The van der Waals surface area contributed by atoms with Crippen LogP contribution in [0.4, 0.5) is 10.5 Å². The Labute approximate surface area is 177 Å². The largest absolute Gasteiger partial charge is 0.373 e. The van der Waals surface area contributed by atoms with Crippen molar-refractivity contribution < 1.29 is 9.53 Å². The van der Waals surface area contributed by atoms with Gasteiger partial charge in [0.25, 0.3) is 0 Å². The van der Waals surface area contributed by atoms with Crippen molar-refractivity contribution in [3.63, 3.8) is 0 Å². The number of nitrogens with zero attached hydrogens (tertiary/aromatic N) is 6. The van der Waals surface area contributed by atoms with Crippen LogP contribution in [0.25, 0.3) is 5.69 Å². The summed E-state index contributed by atoms with van der Waals surface area (Å²) in [5, 5.41) is 14.6. The van der Waals surface area contributed by atoms with Gasteiger partial charge in [0.1, 0.15) is 0 Å². The van der Waals surface area contributed by atoms with E-state index in [4.69, 9.17) is 4.74 Å². The highest BCUT2D eigenvalue weighted by Crippen LogP contribution is 2.22. The monoisotopic (exact) mass is 413 g/mol. The molecule has 0 saturated carbocycles. The molecule has 2 saturated heterocycles. The van der Waals surface area contributed by atoms with Crippen molar-refractivity contribution in [2.45, 2.75) is 45.8 Å². The Morgan fingerprint density at radius 1 is 1.20 bits per heavy atom. The van der Waals surface area contributed by atoms with Gasteiger partial charge in [-0.3, -0.25) is 4.90 Å². The number of hydrogen-bond donors (Lipinski definition) is 1. The minimum Gasteiger partial charge on any atom is -0.373 e. The van der Waals surface area contributed by atoms with Crippen LogP contribution in [0, 0.1) is 12.8 Å². The molecule has 2 aliphatic rings. The lowest BCUT2D eigenvalue weighted by Gasteiger charge is -2.39. The Kier molecular flexibility index (Phi) is 6.29. The summed E-state index contributed by atoms with van der Waals surface area (Å²) in [4.78, 5) is 17.2. The number of hydrogen-bond acceptors (Lipinski definition) is 6. The minimum absolute atomic E-state index is 0.0485. The number of likely N-dealkylation sites (tertiary alicyclic amines) is 1. The molecular weight excluding hydrogens is 382 g/mol. The molecule has 4 rings (SSSR count). The van der Waals surface area contributed by atoms with Crippen molar-refractivity contribution in [1.29, 1.82) is 0 Å². The number of benzene rings is 1. The molecule has 9 heteroatoms. The van der Waals surface area contributed by atoms with Crippen molar-refractivity contribution in [3.8, 4) is 5.69 Å². The smallest absolute Gasteiger partial charge is 0.321 e. The lowest BCUT2D eigenvalue weighted by Crippen LogP contribution is -2.49. The van der Waals surface area contributed by atoms with E-state index in [1.54, 1.807) is 4.68 Å². The SMILES string of the molecule is Cc1nnnn1-c1cccc(NC(=O)N2CCC(CN3CC(C)OC(C)C3)CC2)c1. The van der Waals surface area contributed by atoms with E-state index in [-0.39, 0.29) is 6.03 Å². The molecule has 0 bridgehead atoms. The van der Waals surface area contributed by atoms with Crippen LogP contribution in [-0.2, 0) is 4.74 Å². The molecule has 0 aliphatic carbocycles. The molecule has 0 radical (unpaired) electrons. The van der Waals surface area contributed by atoms with Gasteiger partial charge in [0.15, 0.2) is 5.82 Å². The number of ether oxygens (including phenoxy) is 1. The second-order valence-electron chi connectivity index (χ2n) is 8.52. The van der Waals surface area contributed by atoms with Crippen LogP contribution in [0.5, 0.6) is 0 Å². The fourth-order valence-corrected chi connectivity index (χ4v) is 4.51. The third-order valence-electron chi connectivity index (χ3n) is 5.88. The molecule has 1 aromatic heterocycles. The molecule has 2 unspecified atom stereocenters. The molecule has 30 heavy (non-hydrogen) atoms. The first-order valence-electron chi connectivity index (χ1n) is 10.8. The van der Waals surface area contributed by atoms with E-state index < -0.39 is 0 Å². The van der Waals surface area contributed by atoms with Gasteiger partial charge in [-0.05, 0) is 68.2 Å². The quantitative estimate of drug-likeness (QED) is 0.828. The first-order chi connectivity index (χ1) is 14.5. The minimum atomic E-state index is -0.0485. The maximum Gasteiger partial charge on any atom is 0.321 e. The molecular formula is C21H31N7O2. The molecule has 2 atom stereocenters. The molecule has 162 valence electrons. The molecule has 9 nitrogen and oxygen atoms in total. The van der Waals surface area contributed by atoms with E-state index >= 15 is 0 Å². The lowest BCUT2D eigenvalue weighted by atomic mass is 9.96. The predicted octanol–water partition coefficient (Wildman–Crippen LogP) is 2.32. The third-order valence-corrected chi connectivity index (χ3v) is 5.88. The Hall–Kier alpha value is -2.52. The van der Waals surface area contributed by atoms with E-state index in [1.165, 1.54) is 0 Å². The third kappa shape index (κ3) is 4.96. The summed E-state index contributed by atoms with van der Waals surface area (Å²) in [6.45, 7) is 10.8. The molecule has 2 fully saturated rings. The number of carbonyl (C=O) groups is 1. The van der Waals surface area contributed by atoms with Gasteiger partial charge in [0, 0.05) is 38.4 Å². The average molecular weight is 414 g/mol. The van der Waals surface area contributed by atoms with E-state index in [0.717, 1.165) is 56.9 Å². The van der Waals surface area contributed by atoms with Gasteiger partial charge >= 0.3 is 6.03 Å². The normalized spacial score (nSPS) is 23.5. The van der Waals surface area contributed by atoms with Gasteiger partial charge in [-0.2, -0.15) is 4.68 Å². The number of amides is 2. The fourth-order valence-electron chi connectivity index (χ4n) is 4.51. The van der Waals surface area contributed by atoms with E-state index in [0.29, 0.717) is 24.0 Å². The number of nitrogens with one attached hydrogen (secondary N) is 1. The van der Waals surface area contributed by atoms with Gasteiger partial charge < -0.3 is 15.0 Å². The zero-order chi connectivity index (χ0) is 21.1. The first kappa shape index (κ1) is 20.7. The number of rotatable bonds is 4. The van der Waals surface area contributed by atoms with Gasteiger partial charge in [0.05, 0.1) is 17.9 Å². The second-order valence-corrected chi connectivity index (χ2v) is 8.52. The van der Waals surface area contributed by atoms with Crippen LogP contribution in [0.15, 0.2) is 24.3 Å². The second kappa shape index (κ2) is 9.09. The standard InChI is InChI=1S/C21H31N7O2/c1-15-12-26(13-16(2)30-15)14-18-7-9-27(10-8-18)21(29)22-19-5-4-6-20(11-19)28-17(3)23-24-25-28/h4-6,11,15-16,18H,7-10,12-14H2,1-3H3,(H,22,29). The number of aromatic nitrogens is 4. The molecule has 3 heterocycles. The van der Waals surface area contributed by atoms with Crippen LogP contribution in [0.2, 0.25) is 0 Å². The summed E-state index contributed by atoms with van der Waals surface area (Å²) < 4.78 is 7.48. The molecule has 1 N–H and O–H groups in total. The number of carbonyl (C=O) groups excluding carboxylic acids is 1. The van der Waals surface area contributed by atoms with Crippen LogP contribution >= 0.6 is 0 Å². The van der Waals surface area contributed by atoms with Crippen LogP contribution in [-0.4, -0.2) is 81.0 Å². The Balaban J connectivity index is 1.28. The summed E-state index contributed by atoms with van der Waals surface area (Å²) in [6, 6.07) is 7.52. The Bertz CT molecular complexity index is 853. The van der Waals surface area contributed by atoms with Crippen LogP contribution < -0.4 is 5.32 Å². The van der Waals surface area contributed by atoms with Crippen molar-refractivity contribution in [3.05, 3.63) is 30.1 Å². The lowest BCUT2D eigenvalue weighted by molar-refractivity contribution is -0.0728. The van der Waals surface area contributed by atoms with Gasteiger partial charge in [-0.15, -0.1) is 5.10 Å².